The fourth-order valence-electron chi connectivity index (χ4n) is 4.20. The van der Waals surface area contributed by atoms with Gasteiger partial charge in [0.15, 0.2) is 5.69 Å². The van der Waals surface area contributed by atoms with E-state index in [0.717, 1.165) is 5.56 Å². The van der Waals surface area contributed by atoms with Crippen molar-refractivity contribution < 1.29 is 34.0 Å². The molecule has 2 aromatic rings. The minimum atomic E-state index is -1.16. The number of carbonyl (C=O) groups excluding carboxylic acids is 1. The van der Waals surface area contributed by atoms with Crippen LogP contribution in [0.25, 0.3) is 5.69 Å². The van der Waals surface area contributed by atoms with Crippen LogP contribution in [0.2, 0.25) is 0 Å². The zero-order valence-electron chi connectivity index (χ0n) is 19.5. The van der Waals surface area contributed by atoms with Gasteiger partial charge in [-0.3, -0.25) is 9.59 Å². The molecule has 0 saturated carbocycles. The first-order valence-electron chi connectivity index (χ1n) is 11.5. The number of hydrogen-bond donors (Lipinski definition) is 3. The first-order valence-corrected chi connectivity index (χ1v) is 11.5. The number of benzene rings is 1. The van der Waals surface area contributed by atoms with Crippen molar-refractivity contribution in [2.24, 2.45) is 0 Å². The Balaban J connectivity index is 0.00000432. The number of carboxylic acid groups (broad SMARTS) is 1. The van der Waals surface area contributed by atoms with Gasteiger partial charge < -0.3 is 25.0 Å². The van der Waals surface area contributed by atoms with Crippen LogP contribution in [0.3, 0.4) is 0 Å². The molecule has 188 valence electrons. The number of ether oxygens (including phenoxy) is 1. The van der Waals surface area contributed by atoms with Gasteiger partial charge in [0, 0.05) is 24.3 Å². The molecule has 1 aromatic carbocycles. The fraction of sp³-hybridized carbons (Fsp3) is 0.542. The van der Waals surface area contributed by atoms with Gasteiger partial charge in [-0.1, -0.05) is 13.8 Å². The van der Waals surface area contributed by atoms with Crippen LogP contribution in [-0.2, 0) is 16.0 Å². The third-order valence-electron chi connectivity index (χ3n) is 5.84. The quantitative estimate of drug-likeness (QED) is 0.421. The molecule has 9 nitrogen and oxygen atoms in total. The maximum absolute atomic E-state index is 13.6. The summed E-state index contributed by atoms with van der Waals surface area (Å²) in [5, 5.41) is 33.7. The number of morpholine rings is 1. The van der Waals surface area contributed by atoms with Crippen molar-refractivity contribution >= 4 is 41.4 Å². The van der Waals surface area contributed by atoms with E-state index < -0.39 is 30.4 Å². The van der Waals surface area contributed by atoms with Crippen LogP contribution in [0, 0.1) is 5.82 Å². The molecule has 0 radical (unpaired) electrons. The number of carbonyl (C=O) groups is 2. The molecule has 1 aromatic heterocycles. The zero-order valence-corrected chi connectivity index (χ0v) is 19.5. The van der Waals surface area contributed by atoms with E-state index in [9.17, 15) is 24.2 Å². The normalized spacial score (nSPS) is 15.5. The van der Waals surface area contributed by atoms with Gasteiger partial charge in [-0.15, -0.1) is 0 Å². The molecule has 3 N–H and O–H groups in total. The topological polar surface area (TPSA) is 125 Å². The van der Waals surface area contributed by atoms with E-state index >= 15 is 0 Å². The van der Waals surface area contributed by atoms with Crippen molar-refractivity contribution in [2.75, 3.05) is 26.3 Å². The summed E-state index contributed by atoms with van der Waals surface area (Å²) in [6, 6.07) is 5.78. The molecule has 1 aliphatic heterocycles. The number of aromatic nitrogens is 2. The van der Waals surface area contributed by atoms with Gasteiger partial charge in [-0.05, 0) is 49.4 Å². The van der Waals surface area contributed by atoms with E-state index in [-0.39, 0.29) is 54.2 Å². The standard InChI is InChI=1S/C24H32FN3O6.Na.H/c1-15(2)22-20(8-7-18(29)13-19(30)14-21(31)32)28(17-5-3-16(25)4-6-17)26-23(22)24(33)27-9-11-34-12-10-27;;/h3-6,15,18-19,29-30H,7-14H2,1-2H3,(H,31,32);;/t18-,19-;;/m1../s1. The van der Waals surface area contributed by atoms with Crippen molar-refractivity contribution in [1.82, 2.24) is 14.7 Å². The maximum atomic E-state index is 13.6. The van der Waals surface area contributed by atoms with Gasteiger partial charge >= 0.3 is 35.5 Å². The fourth-order valence-corrected chi connectivity index (χ4v) is 4.20. The molecule has 1 fully saturated rings. The van der Waals surface area contributed by atoms with E-state index in [0.29, 0.717) is 49.8 Å². The number of aliphatic hydroxyl groups is 2. The third-order valence-corrected chi connectivity index (χ3v) is 5.84. The second kappa shape index (κ2) is 13.5. The van der Waals surface area contributed by atoms with Gasteiger partial charge in [0.1, 0.15) is 5.82 Å². The second-order valence-electron chi connectivity index (χ2n) is 8.84. The Labute approximate surface area is 226 Å². The molecule has 1 amide bonds. The number of rotatable bonds is 10. The summed E-state index contributed by atoms with van der Waals surface area (Å²) < 4.78 is 20.5. The number of aliphatic hydroxyl groups excluding tert-OH is 2. The van der Waals surface area contributed by atoms with E-state index in [1.54, 1.807) is 21.7 Å². The second-order valence-corrected chi connectivity index (χ2v) is 8.84. The molecular weight excluding hydrogens is 468 g/mol. The summed E-state index contributed by atoms with van der Waals surface area (Å²) in [6.07, 6.45) is -2.06. The minimum absolute atomic E-state index is 0. The van der Waals surface area contributed by atoms with Gasteiger partial charge in [0.2, 0.25) is 0 Å². The first-order chi connectivity index (χ1) is 16.2. The molecule has 2 atom stereocenters. The Kier molecular flexibility index (Phi) is 11.3. The summed E-state index contributed by atoms with van der Waals surface area (Å²) >= 11 is 0. The number of hydrogen-bond acceptors (Lipinski definition) is 6. The van der Waals surface area contributed by atoms with Crippen LogP contribution in [-0.4, -0.2) is 110 Å². The molecule has 0 spiro atoms. The number of halogens is 1. The molecule has 0 unspecified atom stereocenters. The summed E-state index contributed by atoms with van der Waals surface area (Å²) in [5.41, 5.74) is 2.36. The van der Waals surface area contributed by atoms with Crippen LogP contribution < -0.4 is 0 Å². The van der Waals surface area contributed by atoms with Gasteiger partial charge in [0.05, 0.1) is 37.5 Å². The van der Waals surface area contributed by atoms with E-state index in [4.69, 9.17) is 9.84 Å². The van der Waals surface area contributed by atoms with Gasteiger partial charge in [-0.25, -0.2) is 9.07 Å². The molecule has 0 aliphatic carbocycles. The zero-order chi connectivity index (χ0) is 24.8. The Bertz CT molecular complexity index is 992. The van der Waals surface area contributed by atoms with Gasteiger partial charge in [-0.2, -0.15) is 5.10 Å². The number of aliphatic carboxylic acids is 1. The van der Waals surface area contributed by atoms with E-state index in [1.165, 1.54) is 12.1 Å². The average Bonchev–Trinajstić information content (AvgIpc) is 3.17. The van der Waals surface area contributed by atoms with Gasteiger partial charge in [0.25, 0.3) is 5.91 Å². The molecule has 35 heavy (non-hydrogen) atoms. The predicted molar refractivity (Wildman–Crippen MR) is 129 cm³/mol. The summed E-state index contributed by atoms with van der Waals surface area (Å²) in [5.74, 6) is -1.79. The molecule has 2 heterocycles. The Morgan fingerprint density at radius 1 is 1.11 bits per heavy atom. The predicted octanol–water partition coefficient (Wildman–Crippen LogP) is 1.48. The summed E-state index contributed by atoms with van der Waals surface area (Å²) in [4.78, 5) is 25.8. The SMILES string of the molecule is CC(C)c1c(C(=O)N2CCOCC2)nn(-c2ccc(F)cc2)c1CC[C@@H](O)C[C@@H](O)CC(=O)O.[NaH]. The van der Waals surface area contributed by atoms with Crippen LogP contribution in [0.4, 0.5) is 4.39 Å². The Hall–Kier alpha value is -1.82. The number of amides is 1. The Morgan fingerprint density at radius 2 is 1.74 bits per heavy atom. The third kappa shape index (κ3) is 7.83. The molecule has 1 saturated heterocycles. The molecule has 11 heteroatoms. The molecule has 0 bridgehead atoms. The van der Waals surface area contributed by atoms with Crippen molar-refractivity contribution in [2.45, 2.75) is 57.7 Å². The molecule has 3 rings (SSSR count). The van der Waals surface area contributed by atoms with Crippen molar-refractivity contribution in [1.29, 1.82) is 0 Å². The monoisotopic (exact) mass is 501 g/mol. The first kappa shape index (κ1) is 29.4. The van der Waals surface area contributed by atoms with E-state index in [1.807, 2.05) is 13.8 Å². The van der Waals surface area contributed by atoms with Crippen molar-refractivity contribution in [3.05, 3.63) is 47.0 Å². The van der Waals surface area contributed by atoms with Crippen molar-refractivity contribution in [3.8, 4) is 5.69 Å². The van der Waals surface area contributed by atoms with Crippen LogP contribution in [0.5, 0.6) is 0 Å². The van der Waals surface area contributed by atoms with Crippen LogP contribution >= 0.6 is 0 Å². The number of carboxylic acids is 1. The van der Waals surface area contributed by atoms with Crippen LogP contribution in [0.15, 0.2) is 24.3 Å². The van der Waals surface area contributed by atoms with Crippen molar-refractivity contribution in [3.63, 3.8) is 0 Å². The number of nitrogens with zero attached hydrogens (tertiary/aromatic N) is 3. The summed E-state index contributed by atoms with van der Waals surface area (Å²) in [6.45, 7) is 5.76. The molecule has 1 aliphatic rings. The Morgan fingerprint density at radius 3 is 2.31 bits per heavy atom. The molecular formula is C24H33FN3NaO6. The van der Waals surface area contributed by atoms with E-state index in [2.05, 4.69) is 5.10 Å². The summed E-state index contributed by atoms with van der Waals surface area (Å²) in [7, 11) is 0. The average molecular weight is 502 g/mol. The van der Waals surface area contributed by atoms with Crippen LogP contribution in [0.1, 0.15) is 60.8 Å².